The first-order valence-corrected chi connectivity index (χ1v) is 8.88. The van der Waals surface area contributed by atoms with Crippen LogP contribution in [0.3, 0.4) is 0 Å². The molecule has 1 amide bonds. The highest BCUT2D eigenvalue weighted by Gasteiger charge is 2.16. The molecule has 1 aliphatic heterocycles. The number of guanidine groups is 1. The molecule has 1 fully saturated rings. The number of ether oxygens (including phenoxy) is 1. The molecule has 0 aliphatic carbocycles. The van der Waals surface area contributed by atoms with Crippen molar-refractivity contribution in [3.63, 3.8) is 0 Å². The molecule has 6 nitrogen and oxygen atoms in total. The fraction of sp³-hybridized carbons (Fsp3) is 0.556. The summed E-state index contributed by atoms with van der Waals surface area (Å²) in [7, 11) is 3.47. The van der Waals surface area contributed by atoms with Gasteiger partial charge in [0.1, 0.15) is 0 Å². The average molecular weight is 495 g/mol. The maximum Gasteiger partial charge on any atom is 0.241 e. The van der Waals surface area contributed by atoms with Gasteiger partial charge in [0.2, 0.25) is 5.91 Å². The normalized spacial score (nSPS) is 16.8. The number of benzene rings is 1. The van der Waals surface area contributed by atoms with Gasteiger partial charge < -0.3 is 20.3 Å². The molecule has 1 aromatic carbocycles. The van der Waals surface area contributed by atoms with Crippen LogP contribution in [0.25, 0.3) is 0 Å². The molecule has 1 aliphatic rings. The highest BCUT2D eigenvalue weighted by molar-refractivity contribution is 14.0. The maximum absolute atomic E-state index is 11.8. The molecule has 1 unspecified atom stereocenters. The van der Waals surface area contributed by atoms with E-state index in [-0.39, 0.29) is 36.4 Å². The second-order valence-electron chi connectivity index (χ2n) is 6.50. The van der Waals surface area contributed by atoms with Crippen LogP contribution in [0, 0.1) is 12.8 Å². The molecule has 0 saturated carbocycles. The number of nitrogens with zero attached hydrogens (tertiary/aromatic N) is 2. The van der Waals surface area contributed by atoms with Crippen LogP contribution in [0.5, 0.6) is 0 Å². The predicted octanol–water partition coefficient (Wildman–Crippen LogP) is 2.43. The summed E-state index contributed by atoms with van der Waals surface area (Å²) < 4.78 is 5.40. The van der Waals surface area contributed by atoms with Crippen LogP contribution in [0.4, 0.5) is 0 Å². The van der Waals surface area contributed by atoms with E-state index in [0.717, 1.165) is 42.3 Å². The number of likely N-dealkylation sites (N-methyl/N-ethyl adjacent to an activating group) is 1. The van der Waals surface area contributed by atoms with Gasteiger partial charge in [-0.1, -0.05) is 23.7 Å². The van der Waals surface area contributed by atoms with E-state index in [4.69, 9.17) is 16.3 Å². The van der Waals surface area contributed by atoms with E-state index >= 15 is 0 Å². The van der Waals surface area contributed by atoms with Crippen LogP contribution in [0.15, 0.2) is 23.2 Å². The van der Waals surface area contributed by atoms with Crippen molar-refractivity contribution >= 4 is 47.4 Å². The van der Waals surface area contributed by atoms with Crippen molar-refractivity contribution in [2.75, 3.05) is 40.4 Å². The zero-order chi connectivity index (χ0) is 18.2. The Kier molecular flexibility index (Phi) is 10.3. The predicted molar refractivity (Wildman–Crippen MR) is 116 cm³/mol. The number of carbonyl (C=O) groups is 1. The van der Waals surface area contributed by atoms with Crippen molar-refractivity contribution < 1.29 is 9.53 Å². The summed E-state index contributed by atoms with van der Waals surface area (Å²) in [5, 5.41) is 7.17. The fourth-order valence-corrected chi connectivity index (χ4v) is 2.57. The first-order valence-electron chi connectivity index (χ1n) is 8.51. The molecule has 1 heterocycles. The fourth-order valence-electron chi connectivity index (χ4n) is 2.45. The van der Waals surface area contributed by atoms with Gasteiger partial charge in [-0.05, 0) is 30.5 Å². The van der Waals surface area contributed by atoms with Crippen molar-refractivity contribution in [3.05, 3.63) is 34.3 Å². The number of hydrogen-bond donors (Lipinski definition) is 2. The van der Waals surface area contributed by atoms with Crippen LogP contribution in [0.1, 0.15) is 17.5 Å². The van der Waals surface area contributed by atoms with Crippen LogP contribution in [0.2, 0.25) is 5.02 Å². The minimum atomic E-state index is 0. The molecule has 0 bridgehead atoms. The first-order chi connectivity index (χ1) is 12.0. The number of aryl methyl sites for hydroxylation is 1. The number of halogens is 2. The molecule has 1 saturated heterocycles. The molecule has 0 aromatic heterocycles. The third-order valence-corrected chi connectivity index (χ3v) is 4.55. The molecular weight excluding hydrogens is 467 g/mol. The third-order valence-electron chi connectivity index (χ3n) is 4.13. The van der Waals surface area contributed by atoms with E-state index in [1.807, 2.05) is 25.1 Å². The lowest BCUT2D eigenvalue weighted by Crippen LogP contribution is -2.44. The minimum Gasteiger partial charge on any atom is -0.381 e. The first kappa shape index (κ1) is 23.0. The smallest absolute Gasteiger partial charge is 0.241 e. The van der Waals surface area contributed by atoms with Gasteiger partial charge in [0.15, 0.2) is 5.96 Å². The molecule has 8 heteroatoms. The molecule has 146 valence electrons. The van der Waals surface area contributed by atoms with E-state index in [2.05, 4.69) is 15.6 Å². The number of hydrogen-bond acceptors (Lipinski definition) is 3. The minimum absolute atomic E-state index is 0. The molecule has 2 rings (SSSR count). The van der Waals surface area contributed by atoms with E-state index in [1.54, 1.807) is 19.0 Å². The second-order valence-corrected chi connectivity index (χ2v) is 6.91. The molecule has 1 aromatic rings. The van der Waals surface area contributed by atoms with Gasteiger partial charge in [-0.2, -0.15) is 0 Å². The topological polar surface area (TPSA) is 66.0 Å². The molecule has 0 spiro atoms. The van der Waals surface area contributed by atoms with Crippen molar-refractivity contribution in [1.82, 2.24) is 15.5 Å². The van der Waals surface area contributed by atoms with Crippen molar-refractivity contribution in [1.29, 1.82) is 0 Å². The van der Waals surface area contributed by atoms with E-state index in [1.165, 1.54) is 0 Å². The van der Waals surface area contributed by atoms with E-state index < -0.39 is 0 Å². The number of aliphatic imine (C=N–C) groups is 1. The number of rotatable bonds is 6. The Hall–Kier alpha value is -1.06. The summed E-state index contributed by atoms with van der Waals surface area (Å²) in [6.45, 7) is 5.07. The summed E-state index contributed by atoms with van der Waals surface area (Å²) in [4.78, 5) is 18.0. The Balaban J connectivity index is 0.00000338. The Bertz CT molecular complexity index is 619. The van der Waals surface area contributed by atoms with Gasteiger partial charge in [0, 0.05) is 38.2 Å². The maximum atomic E-state index is 11.8. The van der Waals surface area contributed by atoms with Gasteiger partial charge in [0.25, 0.3) is 0 Å². The van der Waals surface area contributed by atoms with Crippen LogP contribution in [-0.2, 0) is 16.1 Å². The second kappa shape index (κ2) is 11.6. The largest absolute Gasteiger partial charge is 0.381 e. The average Bonchev–Trinajstić information content (AvgIpc) is 3.10. The third kappa shape index (κ3) is 7.67. The molecular formula is C18H28ClIN4O2. The van der Waals surface area contributed by atoms with Crippen LogP contribution >= 0.6 is 35.6 Å². The Morgan fingerprint density at radius 3 is 2.77 bits per heavy atom. The summed E-state index contributed by atoms with van der Waals surface area (Å²) in [5.74, 6) is 1.12. The number of carbonyl (C=O) groups excluding carboxylic acids is 1. The van der Waals surface area contributed by atoms with Gasteiger partial charge >= 0.3 is 0 Å². The zero-order valence-electron chi connectivity index (χ0n) is 15.5. The van der Waals surface area contributed by atoms with Gasteiger partial charge in [-0.15, -0.1) is 24.0 Å². The van der Waals surface area contributed by atoms with Gasteiger partial charge in [-0.25, -0.2) is 4.99 Å². The van der Waals surface area contributed by atoms with Gasteiger partial charge in [0.05, 0.1) is 19.7 Å². The number of amides is 1. The van der Waals surface area contributed by atoms with E-state index in [9.17, 15) is 4.79 Å². The SMILES string of the molecule is Cc1cc(CN=C(NCC(=O)N(C)C)NCC2CCOC2)ccc1Cl.I. The molecule has 0 radical (unpaired) electrons. The lowest BCUT2D eigenvalue weighted by Gasteiger charge is -2.16. The Morgan fingerprint density at radius 2 is 2.15 bits per heavy atom. The van der Waals surface area contributed by atoms with Crippen molar-refractivity contribution in [2.24, 2.45) is 10.9 Å². The van der Waals surface area contributed by atoms with E-state index in [0.29, 0.717) is 18.4 Å². The van der Waals surface area contributed by atoms with Crippen molar-refractivity contribution in [2.45, 2.75) is 19.9 Å². The lowest BCUT2D eigenvalue weighted by atomic mass is 10.1. The lowest BCUT2D eigenvalue weighted by molar-refractivity contribution is -0.127. The van der Waals surface area contributed by atoms with Crippen LogP contribution in [-0.4, -0.2) is 57.2 Å². The summed E-state index contributed by atoms with van der Waals surface area (Å²) >= 11 is 6.07. The number of nitrogens with one attached hydrogen (secondary N) is 2. The Labute approximate surface area is 177 Å². The molecule has 26 heavy (non-hydrogen) atoms. The van der Waals surface area contributed by atoms with Gasteiger partial charge in [-0.3, -0.25) is 4.79 Å². The Morgan fingerprint density at radius 1 is 1.38 bits per heavy atom. The van der Waals surface area contributed by atoms with Crippen molar-refractivity contribution in [3.8, 4) is 0 Å². The quantitative estimate of drug-likeness (QED) is 0.362. The molecule has 2 N–H and O–H groups in total. The highest BCUT2D eigenvalue weighted by atomic mass is 127. The monoisotopic (exact) mass is 494 g/mol. The molecule has 1 atom stereocenters. The zero-order valence-corrected chi connectivity index (χ0v) is 18.6. The standard InChI is InChI=1S/C18H27ClN4O2.HI/c1-13-8-14(4-5-16(13)19)9-20-18(22-11-17(24)23(2)3)21-10-15-6-7-25-12-15;/h4-5,8,15H,6-7,9-12H2,1-3H3,(H2,20,21,22);1H. The van der Waals surface area contributed by atoms with Crippen LogP contribution < -0.4 is 10.6 Å². The summed E-state index contributed by atoms with van der Waals surface area (Å²) in [6.07, 6.45) is 1.05. The highest BCUT2D eigenvalue weighted by Crippen LogP contribution is 2.16. The summed E-state index contributed by atoms with van der Waals surface area (Å²) in [6, 6.07) is 5.87. The summed E-state index contributed by atoms with van der Waals surface area (Å²) in [5.41, 5.74) is 2.11.